The van der Waals surface area contributed by atoms with Crippen LogP contribution in [-0.4, -0.2) is 12.5 Å². The Morgan fingerprint density at radius 2 is 2.28 bits per heavy atom. The highest BCUT2D eigenvalue weighted by molar-refractivity contribution is 7.10. The van der Waals surface area contributed by atoms with Crippen molar-refractivity contribution >= 4 is 17.2 Å². The Morgan fingerprint density at radius 1 is 1.50 bits per heavy atom. The van der Waals surface area contributed by atoms with E-state index in [1.54, 1.807) is 11.3 Å². The van der Waals surface area contributed by atoms with E-state index in [-0.39, 0.29) is 11.8 Å². The Labute approximate surface area is 113 Å². The lowest BCUT2D eigenvalue weighted by molar-refractivity contribution is -0.127. The molecule has 0 bridgehead atoms. The zero-order chi connectivity index (χ0) is 13.0. The smallest absolute Gasteiger partial charge is 0.223 e. The molecule has 1 fully saturated rings. The molecule has 3 N–H and O–H groups in total. The van der Waals surface area contributed by atoms with E-state index < -0.39 is 0 Å². The third-order valence-electron chi connectivity index (χ3n) is 3.94. The van der Waals surface area contributed by atoms with E-state index in [0.29, 0.717) is 19.0 Å². The van der Waals surface area contributed by atoms with Crippen LogP contribution in [0.15, 0.2) is 11.4 Å². The molecule has 0 aromatic carbocycles. The van der Waals surface area contributed by atoms with Crippen molar-refractivity contribution in [2.45, 2.75) is 39.2 Å². The molecule has 1 heterocycles. The predicted molar refractivity (Wildman–Crippen MR) is 75.4 cm³/mol. The number of amides is 1. The molecule has 1 aromatic heterocycles. The topological polar surface area (TPSA) is 55.1 Å². The molecule has 2 rings (SSSR count). The van der Waals surface area contributed by atoms with Crippen LogP contribution < -0.4 is 11.1 Å². The fourth-order valence-electron chi connectivity index (χ4n) is 2.72. The fraction of sp³-hybridized carbons (Fsp3) is 0.643. The van der Waals surface area contributed by atoms with Crippen LogP contribution in [0.5, 0.6) is 0 Å². The number of aryl methyl sites for hydroxylation is 1. The summed E-state index contributed by atoms with van der Waals surface area (Å²) < 4.78 is 0. The Balaban J connectivity index is 1.89. The number of rotatable bonds is 4. The molecule has 3 nitrogen and oxygen atoms in total. The van der Waals surface area contributed by atoms with Gasteiger partial charge in [-0.15, -0.1) is 11.3 Å². The summed E-state index contributed by atoms with van der Waals surface area (Å²) in [5, 5.41) is 5.15. The first-order valence-electron chi connectivity index (χ1n) is 6.73. The molecule has 0 aliphatic heterocycles. The molecule has 0 saturated heterocycles. The van der Waals surface area contributed by atoms with Gasteiger partial charge in [-0.2, -0.15) is 0 Å². The van der Waals surface area contributed by atoms with E-state index in [2.05, 4.69) is 23.7 Å². The quantitative estimate of drug-likeness (QED) is 0.879. The summed E-state index contributed by atoms with van der Waals surface area (Å²) in [7, 11) is 0. The zero-order valence-electron chi connectivity index (χ0n) is 10.9. The van der Waals surface area contributed by atoms with Crippen LogP contribution in [0.4, 0.5) is 0 Å². The van der Waals surface area contributed by atoms with E-state index in [1.165, 1.54) is 16.9 Å². The van der Waals surface area contributed by atoms with Gasteiger partial charge in [-0.05, 0) is 49.2 Å². The number of hydrogen-bond acceptors (Lipinski definition) is 3. The number of carbonyl (C=O) groups is 1. The Kier molecular flexibility index (Phi) is 4.78. The van der Waals surface area contributed by atoms with Crippen LogP contribution in [-0.2, 0) is 11.3 Å². The largest absolute Gasteiger partial charge is 0.351 e. The predicted octanol–water partition coefficient (Wildman–Crippen LogP) is 2.44. The maximum Gasteiger partial charge on any atom is 0.223 e. The molecule has 100 valence electrons. The zero-order valence-corrected chi connectivity index (χ0v) is 11.8. The van der Waals surface area contributed by atoms with Gasteiger partial charge in [-0.25, -0.2) is 0 Å². The lowest BCUT2D eigenvalue weighted by Crippen LogP contribution is -2.39. The molecule has 0 radical (unpaired) electrons. The second-order valence-corrected chi connectivity index (χ2v) is 6.13. The lowest BCUT2D eigenvalue weighted by Gasteiger charge is -2.29. The van der Waals surface area contributed by atoms with Gasteiger partial charge in [0.25, 0.3) is 0 Å². The maximum atomic E-state index is 12.2. The van der Waals surface area contributed by atoms with Gasteiger partial charge < -0.3 is 11.1 Å². The third-order valence-corrected chi connectivity index (χ3v) is 4.96. The summed E-state index contributed by atoms with van der Waals surface area (Å²) in [6, 6.07) is 2.09. The summed E-state index contributed by atoms with van der Waals surface area (Å²) >= 11 is 1.71. The molecule has 1 amide bonds. The average molecular weight is 266 g/mol. The van der Waals surface area contributed by atoms with Crippen LogP contribution in [0, 0.1) is 18.8 Å². The Hall–Kier alpha value is -0.870. The van der Waals surface area contributed by atoms with Crippen LogP contribution >= 0.6 is 11.3 Å². The first kappa shape index (κ1) is 13.6. The number of nitrogens with two attached hydrogens (primary N) is 1. The van der Waals surface area contributed by atoms with Gasteiger partial charge in [-0.3, -0.25) is 4.79 Å². The standard InChI is InChI=1S/C14H22N2OS/c1-10-6-7-18-13(10)9-16-14(17)12-5-3-2-4-11(12)8-15/h6-7,11-12H,2-5,8-9,15H2,1H3,(H,16,17). The highest BCUT2D eigenvalue weighted by Gasteiger charge is 2.29. The minimum atomic E-state index is 0.129. The van der Waals surface area contributed by atoms with Crippen molar-refractivity contribution in [2.24, 2.45) is 17.6 Å². The summed E-state index contributed by atoms with van der Waals surface area (Å²) in [6.45, 7) is 3.38. The van der Waals surface area contributed by atoms with Crippen LogP contribution in [0.3, 0.4) is 0 Å². The van der Waals surface area contributed by atoms with E-state index >= 15 is 0 Å². The minimum Gasteiger partial charge on any atom is -0.351 e. The van der Waals surface area contributed by atoms with E-state index in [0.717, 1.165) is 19.3 Å². The van der Waals surface area contributed by atoms with Crippen molar-refractivity contribution in [1.82, 2.24) is 5.32 Å². The summed E-state index contributed by atoms with van der Waals surface area (Å²) in [6.07, 6.45) is 4.48. The third kappa shape index (κ3) is 3.12. The number of carbonyl (C=O) groups excluding carboxylic acids is 1. The monoisotopic (exact) mass is 266 g/mol. The highest BCUT2D eigenvalue weighted by Crippen LogP contribution is 2.29. The molecule has 0 spiro atoms. The number of thiophene rings is 1. The first-order valence-corrected chi connectivity index (χ1v) is 7.61. The van der Waals surface area contributed by atoms with Crippen molar-refractivity contribution in [3.8, 4) is 0 Å². The molecule has 4 heteroatoms. The molecule has 1 aliphatic rings. The Bertz CT molecular complexity index is 402. The first-order chi connectivity index (χ1) is 8.72. The number of nitrogens with one attached hydrogen (secondary N) is 1. The van der Waals surface area contributed by atoms with Crippen molar-refractivity contribution in [3.05, 3.63) is 21.9 Å². The summed E-state index contributed by atoms with van der Waals surface area (Å²) in [5.74, 6) is 0.699. The number of hydrogen-bond donors (Lipinski definition) is 2. The second-order valence-electron chi connectivity index (χ2n) is 5.13. The normalized spacial score (nSPS) is 23.9. The molecule has 2 unspecified atom stereocenters. The molecule has 18 heavy (non-hydrogen) atoms. The van der Waals surface area contributed by atoms with Crippen molar-refractivity contribution in [3.63, 3.8) is 0 Å². The Morgan fingerprint density at radius 3 is 2.94 bits per heavy atom. The van der Waals surface area contributed by atoms with Gasteiger partial charge in [0.15, 0.2) is 0 Å². The van der Waals surface area contributed by atoms with Crippen molar-refractivity contribution in [1.29, 1.82) is 0 Å². The van der Waals surface area contributed by atoms with E-state index in [1.807, 2.05) is 0 Å². The fourth-order valence-corrected chi connectivity index (χ4v) is 3.56. The molecule has 1 aromatic rings. The lowest BCUT2D eigenvalue weighted by atomic mass is 9.79. The van der Waals surface area contributed by atoms with Crippen LogP contribution in [0.2, 0.25) is 0 Å². The molecule has 2 atom stereocenters. The van der Waals surface area contributed by atoms with Crippen molar-refractivity contribution < 1.29 is 4.79 Å². The van der Waals surface area contributed by atoms with E-state index in [9.17, 15) is 4.79 Å². The van der Waals surface area contributed by atoms with Gasteiger partial charge in [0.1, 0.15) is 0 Å². The summed E-state index contributed by atoms with van der Waals surface area (Å²) in [5.41, 5.74) is 7.03. The van der Waals surface area contributed by atoms with Crippen LogP contribution in [0.1, 0.15) is 36.1 Å². The van der Waals surface area contributed by atoms with Gasteiger partial charge in [-0.1, -0.05) is 12.8 Å². The molecular formula is C14H22N2OS. The second kappa shape index (κ2) is 6.34. The minimum absolute atomic E-state index is 0.129. The molecule has 1 aliphatic carbocycles. The van der Waals surface area contributed by atoms with Crippen molar-refractivity contribution in [2.75, 3.05) is 6.54 Å². The van der Waals surface area contributed by atoms with Gasteiger partial charge in [0, 0.05) is 10.8 Å². The molecular weight excluding hydrogens is 244 g/mol. The van der Waals surface area contributed by atoms with Gasteiger partial charge >= 0.3 is 0 Å². The van der Waals surface area contributed by atoms with Crippen LogP contribution in [0.25, 0.3) is 0 Å². The maximum absolute atomic E-state index is 12.2. The SMILES string of the molecule is Cc1ccsc1CNC(=O)C1CCCCC1CN. The van der Waals surface area contributed by atoms with E-state index in [4.69, 9.17) is 5.73 Å². The van der Waals surface area contributed by atoms with Gasteiger partial charge in [0.05, 0.1) is 6.54 Å². The van der Waals surface area contributed by atoms with Gasteiger partial charge in [0.2, 0.25) is 5.91 Å². The summed E-state index contributed by atoms with van der Waals surface area (Å²) in [4.78, 5) is 13.5. The molecule has 1 saturated carbocycles. The average Bonchev–Trinajstić information content (AvgIpc) is 2.81. The highest BCUT2D eigenvalue weighted by atomic mass is 32.1.